The van der Waals surface area contributed by atoms with Crippen molar-refractivity contribution in [1.82, 2.24) is 20.2 Å². The zero-order valence-electron chi connectivity index (χ0n) is 14.7. The summed E-state index contributed by atoms with van der Waals surface area (Å²) in [5.41, 5.74) is 2.25. The van der Waals surface area contributed by atoms with Gasteiger partial charge in [-0.2, -0.15) is 10.1 Å². The summed E-state index contributed by atoms with van der Waals surface area (Å²) in [6, 6.07) is 4.10. The zero-order valence-corrected chi connectivity index (χ0v) is 14.7. The summed E-state index contributed by atoms with van der Waals surface area (Å²) in [4.78, 5) is 15.4. The van der Waals surface area contributed by atoms with Crippen LogP contribution in [0.2, 0.25) is 0 Å². The summed E-state index contributed by atoms with van der Waals surface area (Å²) in [5, 5.41) is 8.81. The Kier molecular flexibility index (Phi) is 4.35. The lowest BCUT2D eigenvalue weighted by Gasteiger charge is -2.36. The Hall–Kier alpha value is -2.48. The smallest absolute Gasteiger partial charge is 0.226 e. The van der Waals surface area contributed by atoms with Crippen molar-refractivity contribution in [2.45, 2.75) is 13.0 Å². The van der Waals surface area contributed by atoms with E-state index in [-0.39, 0.29) is 0 Å². The first-order valence-electron chi connectivity index (χ1n) is 8.64. The molecule has 25 heavy (non-hydrogen) atoms. The molecular formula is C17H23N7O. The fourth-order valence-corrected chi connectivity index (χ4v) is 3.18. The molecule has 0 aromatic carbocycles. The quantitative estimate of drug-likeness (QED) is 0.809. The Labute approximate surface area is 147 Å². The molecule has 0 saturated carbocycles. The molecule has 2 aromatic heterocycles. The number of hydrogen-bond donors (Lipinski definition) is 0. The van der Waals surface area contributed by atoms with Crippen molar-refractivity contribution in [2.24, 2.45) is 0 Å². The lowest BCUT2D eigenvalue weighted by atomic mass is 10.1. The Morgan fingerprint density at radius 1 is 1.04 bits per heavy atom. The molecule has 8 nitrogen and oxygen atoms in total. The topological polar surface area (TPSA) is 70.5 Å². The average Bonchev–Trinajstić information content (AvgIpc) is 2.68. The Balaban J connectivity index is 1.44. The number of aromatic nitrogens is 4. The first kappa shape index (κ1) is 16.0. The largest absolute Gasteiger partial charge is 0.376 e. The second-order valence-corrected chi connectivity index (χ2v) is 6.56. The van der Waals surface area contributed by atoms with Crippen LogP contribution in [0, 0.1) is 0 Å². The summed E-state index contributed by atoms with van der Waals surface area (Å²) in [5.74, 6) is 2.66. The van der Waals surface area contributed by atoms with Crippen molar-refractivity contribution in [3.63, 3.8) is 0 Å². The monoisotopic (exact) mass is 341 g/mol. The molecule has 2 aliphatic rings. The van der Waals surface area contributed by atoms with Crippen molar-refractivity contribution >= 4 is 17.6 Å². The molecule has 132 valence electrons. The van der Waals surface area contributed by atoms with Crippen LogP contribution in [-0.2, 0) is 17.8 Å². The van der Waals surface area contributed by atoms with Crippen molar-refractivity contribution in [3.8, 4) is 0 Å². The van der Waals surface area contributed by atoms with E-state index in [0.717, 1.165) is 62.5 Å². The van der Waals surface area contributed by atoms with Crippen LogP contribution in [0.15, 0.2) is 18.3 Å². The fourth-order valence-electron chi connectivity index (χ4n) is 3.18. The van der Waals surface area contributed by atoms with Crippen molar-refractivity contribution < 1.29 is 4.74 Å². The number of nitrogens with zero attached hydrogens (tertiary/aromatic N) is 7. The van der Waals surface area contributed by atoms with E-state index in [1.807, 2.05) is 31.3 Å². The van der Waals surface area contributed by atoms with E-state index in [2.05, 4.69) is 36.0 Å². The highest BCUT2D eigenvalue weighted by molar-refractivity contribution is 5.47. The highest BCUT2D eigenvalue weighted by Gasteiger charge is 2.21. The third-order valence-electron chi connectivity index (χ3n) is 4.64. The molecule has 2 aliphatic heterocycles. The van der Waals surface area contributed by atoms with E-state index in [0.29, 0.717) is 6.61 Å². The summed E-state index contributed by atoms with van der Waals surface area (Å²) in [6.07, 6.45) is 2.68. The summed E-state index contributed by atoms with van der Waals surface area (Å²) < 4.78 is 5.53. The molecule has 0 aliphatic carbocycles. The van der Waals surface area contributed by atoms with Gasteiger partial charge in [-0.1, -0.05) is 0 Å². The van der Waals surface area contributed by atoms with Gasteiger partial charge in [0, 0.05) is 58.5 Å². The molecule has 1 saturated heterocycles. The van der Waals surface area contributed by atoms with Gasteiger partial charge in [-0.3, -0.25) is 0 Å². The summed E-state index contributed by atoms with van der Waals surface area (Å²) >= 11 is 0. The predicted octanol–water partition coefficient (Wildman–Crippen LogP) is 0.732. The molecule has 0 atom stereocenters. The van der Waals surface area contributed by atoms with Gasteiger partial charge in [0.05, 0.1) is 18.9 Å². The number of anilines is 3. The van der Waals surface area contributed by atoms with Crippen LogP contribution < -0.4 is 14.7 Å². The van der Waals surface area contributed by atoms with E-state index in [1.54, 1.807) is 0 Å². The van der Waals surface area contributed by atoms with Gasteiger partial charge in [0.2, 0.25) is 5.95 Å². The second kappa shape index (κ2) is 6.79. The third kappa shape index (κ3) is 3.34. The van der Waals surface area contributed by atoms with Crippen LogP contribution in [0.25, 0.3) is 0 Å². The van der Waals surface area contributed by atoms with E-state index in [9.17, 15) is 0 Å². The first-order chi connectivity index (χ1) is 12.2. The van der Waals surface area contributed by atoms with Gasteiger partial charge in [0.15, 0.2) is 5.82 Å². The van der Waals surface area contributed by atoms with Gasteiger partial charge in [-0.15, -0.1) is 5.10 Å². The van der Waals surface area contributed by atoms with Crippen molar-refractivity contribution in [1.29, 1.82) is 0 Å². The number of hydrogen-bond acceptors (Lipinski definition) is 8. The van der Waals surface area contributed by atoms with E-state index in [4.69, 9.17) is 4.74 Å². The van der Waals surface area contributed by atoms with Crippen LogP contribution in [0.1, 0.15) is 11.3 Å². The van der Waals surface area contributed by atoms with Gasteiger partial charge in [-0.05, 0) is 12.1 Å². The maximum Gasteiger partial charge on any atom is 0.226 e. The van der Waals surface area contributed by atoms with Gasteiger partial charge in [-0.25, -0.2) is 4.98 Å². The summed E-state index contributed by atoms with van der Waals surface area (Å²) in [7, 11) is 3.91. The van der Waals surface area contributed by atoms with Gasteiger partial charge >= 0.3 is 0 Å². The SMILES string of the molecule is CN(C)c1nccc(N2CCN(c3cc4c(nn3)CCOC4)CC2)n1. The van der Waals surface area contributed by atoms with E-state index < -0.39 is 0 Å². The lowest BCUT2D eigenvalue weighted by Crippen LogP contribution is -2.47. The van der Waals surface area contributed by atoms with Crippen LogP contribution >= 0.6 is 0 Å². The van der Waals surface area contributed by atoms with Crippen LogP contribution in [-0.4, -0.2) is 67.0 Å². The highest BCUT2D eigenvalue weighted by atomic mass is 16.5. The molecule has 0 amide bonds. The minimum absolute atomic E-state index is 0.645. The van der Waals surface area contributed by atoms with E-state index >= 15 is 0 Å². The molecule has 0 radical (unpaired) electrons. The normalized spacial score (nSPS) is 17.4. The first-order valence-corrected chi connectivity index (χ1v) is 8.64. The van der Waals surface area contributed by atoms with Gasteiger partial charge in [0.1, 0.15) is 5.82 Å². The maximum atomic E-state index is 5.53. The molecule has 2 aromatic rings. The van der Waals surface area contributed by atoms with Gasteiger partial charge in [0.25, 0.3) is 0 Å². The van der Waals surface area contributed by atoms with Gasteiger partial charge < -0.3 is 19.4 Å². The molecular weight excluding hydrogens is 318 g/mol. The van der Waals surface area contributed by atoms with Crippen molar-refractivity contribution in [2.75, 3.05) is 61.6 Å². The molecule has 0 unspecified atom stereocenters. The average molecular weight is 341 g/mol. The zero-order chi connectivity index (χ0) is 17.2. The standard InChI is InChI=1S/C17H23N7O/c1-22(2)17-18-5-3-15(19-17)23-6-8-24(9-7-23)16-11-13-12-25-10-4-14(13)20-21-16/h3,5,11H,4,6-10,12H2,1-2H3. The highest BCUT2D eigenvalue weighted by Crippen LogP contribution is 2.22. The number of piperazine rings is 1. The third-order valence-corrected chi connectivity index (χ3v) is 4.64. The van der Waals surface area contributed by atoms with Crippen LogP contribution in [0.5, 0.6) is 0 Å². The molecule has 4 rings (SSSR count). The Morgan fingerprint density at radius 3 is 2.56 bits per heavy atom. The maximum absolute atomic E-state index is 5.53. The number of fused-ring (bicyclic) bond motifs is 1. The molecule has 0 bridgehead atoms. The fraction of sp³-hybridized carbons (Fsp3) is 0.529. The molecule has 4 heterocycles. The van der Waals surface area contributed by atoms with Crippen LogP contribution in [0.3, 0.4) is 0 Å². The predicted molar refractivity (Wildman–Crippen MR) is 96.2 cm³/mol. The molecule has 0 N–H and O–H groups in total. The second-order valence-electron chi connectivity index (χ2n) is 6.56. The Bertz CT molecular complexity index is 744. The molecule has 8 heteroatoms. The van der Waals surface area contributed by atoms with Crippen LogP contribution in [0.4, 0.5) is 17.6 Å². The minimum atomic E-state index is 0.645. The molecule has 0 spiro atoms. The Morgan fingerprint density at radius 2 is 1.80 bits per heavy atom. The number of rotatable bonds is 3. The lowest BCUT2D eigenvalue weighted by molar-refractivity contribution is 0.109. The number of ether oxygens (including phenoxy) is 1. The molecule has 1 fully saturated rings. The minimum Gasteiger partial charge on any atom is -0.376 e. The van der Waals surface area contributed by atoms with Crippen molar-refractivity contribution in [3.05, 3.63) is 29.6 Å². The van der Waals surface area contributed by atoms with E-state index in [1.165, 1.54) is 5.56 Å². The summed E-state index contributed by atoms with van der Waals surface area (Å²) in [6.45, 7) is 4.99.